The topological polar surface area (TPSA) is 86.9 Å². The van der Waals surface area contributed by atoms with Crippen molar-refractivity contribution in [2.24, 2.45) is 23.7 Å². The minimum atomic E-state index is -0.431. The second kappa shape index (κ2) is 17.8. The molecule has 250 valence electrons. The fourth-order valence-electron chi connectivity index (χ4n) is 8.09. The third-order valence-corrected chi connectivity index (χ3v) is 10.9. The van der Waals surface area contributed by atoms with Crippen LogP contribution in [0.5, 0.6) is 0 Å². The summed E-state index contributed by atoms with van der Waals surface area (Å²) >= 11 is 0. The smallest absolute Gasteiger partial charge is 0.323 e. The van der Waals surface area contributed by atoms with E-state index in [0.29, 0.717) is 29.9 Å². The van der Waals surface area contributed by atoms with Gasteiger partial charge in [-0.15, -0.1) is 0 Å². The lowest BCUT2D eigenvalue weighted by Crippen LogP contribution is -2.63. The number of carbonyl (C=O) groups excluding carboxylic acids is 1. The highest BCUT2D eigenvalue weighted by Crippen LogP contribution is 2.34. The van der Waals surface area contributed by atoms with Gasteiger partial charge < -0.3 is 19.7 Å². The first kappa shape index (κ1) is 35.1. The normalized spacial score (nSPS) is 32.0. The van der Waals surface area contributed by atoms with E-state index in [0.717, 1.165) is 64.6 Å². The van der Waals surface area contributed by atoms with Crippen molar-refractivity contribution in [2.75, 3.05) is 45.9 Å². The summed E-state index contributed by atoms with van der Waals surface area (Å²) in [6, 6.07) is 0.429. The van der Waals surface area contributed by atoms with Gasteiger partial charge in [-0.2, -0.15) is 0 Å². The highest BCUT2D eigenvalue weighted by Gasteiger charge is 2.35. The molecule has 3 aliphatic carbocycles. The number of hydrogen-bond donors (Lipinski definition) is 4. The molecule has 1 saturated heterocycles. The SMILES string of the molecule is CCN(CC)CCOC1CCC(NC2NCC(C3CCC(CNC(C(=O)OC(C)(C)C)C4CCCCC4)CC3)CN2)CC1. The van der Waals surface area contributed by atoms with E-state index < -0.39 is 5.60 Å². The van der Waals surface area contributed by atoms with E-state index in [1.165, 1.54) is 70.6 Å². The molecule has 0 bridgehead atoms. The monoisotopic (exact) mass is 606 g/mol. The fraction of sp³-hybridized carbons (Fsp3) is 0.971. The van der Waals surface area contributed by atoms with E-state index in [-0.39, 0.29) is 18.3 Å². The van der Waals surface area contributed by atoms with Gasteiger partial charge in [-0.25, -0.2) is 0 Å². The summed E-state index contributed by atoms with van der Waals surface area (Å²) in [6.07, 6.45) is 16.6. The number of nitrogens with zero attached hydrogens (tertiary/aromatic N) is 1. The third kappa shape index (κ3) is 11.8. The van der Waals surface area contributed by atoms with Crippen molar-refractivity contribution in [1.82, 2.24) is 26.2 Å². The van der Waals surface area contributed by atoms with E-state index >= 15 is 0 Å². The van der Waals surface area contributed by atoms with E-state index in [9.17, 15) is 4.79 Å². The Bertz CT molecular complexity index is 773. The molecular formula is C35H67N5O3. The first-order valence-corrected chi connectivity index (χ1v) is 18.3. The summed E-state index contributed by atoms with van der Waals surface area (Å²) in [5.41, 5.74) is -0.431. The van der Waals surface area contributed by atoms with Crippen molar-refractivity contribution < 1.29 is 14.3 Å². The number of esters is 1. The lowest BCUT2D eigenvalue weighted by atomic mass is 9.75. The van der Waals surface area contributed by atoms with E-state index in [2.05, 4.69) is 40.0 Å². The number of carbonyl (C=O) groups is 1. The Morgan fingerprint density at radius 2 is 1.51 bits per heavy atom. The summed E-state index contributed by atoms with van der Waals surface area (Å²) < 4.78 is 12.1. The van der Waals surface area contributed by atoms with Gasteiger partial charge >= 0.3 is 5.97 Å². The maximum atomic E-state index is 13.1. The third-order valence-electron chi connectivity index (χ3n) is 10.9. The molecule has 8 nitrogen and oxygen atoms in total. The van der Waals surface area contributed by atoms with Gasteiger partial charge in [0.2, 0.25) is 0 Å². The van der Waals surface area contributed by atoms with Gasteiger partial charge in [0.1, 0.15) is 17.9 Å². The zero-order chi connectivity index (χ0) is 30.7. The van der Waals surface area contributed by atoms with E-state index in [1.54, 1.807) is 0 Å². The fourth-order valence-corrected chi connectivity index (χ4v) is 8.09. The molecule has 4 rings (SSSR count). The predicted octanol–water partition coefficient (Wildman–Crippen LogP) is 5.02. The Labute approximate surface area is 263 Å². The van der Waals surface area contributed by atoms with Crippen LogP contribution in [0.2, 0.25) is 0 Å². The first-order chi connectivity index (χ1) is 20.7. The molecule has 1 aliphatic heterocycles. The summed E-state index contributed by atoms with van der Waals surface area (Å²) in [5.74, 6) is 2.55. The number of nitrogens with one attached hydrogen (secondary N) is 4. The molecule has 3 saturated carbocycles. The summed E-state index contributed by atoms with van der Waals surface area (Å²) in [4.78, 5) is 15.6. The number of hydrogen-bond acceptors (Lipinski definition) is 8. The van der Waals surface area contributed by atoms with Gasteiger partial charge in [0.05, 0.1) is 12.7 Å². The molecule has 1 heterocycles. The largest absolute Gasteiger partial charge is 0.459 e. The van der Waals surface area contributed by atoms with Crippen LogP contribution in [0.25, 0.3) is 0 Å². The molecule has 1 unspecified atom stereocenters. The molecule has 0 radical (unpaired) electrons. The average Bonchev–Trinajstić information content (AvgIpc) is 3.01. The molecule has 0 aromatic carbocycles. The van der Waals surface area contributed by atoms with Gasteiger partial charge in [-0.3, -0.25) is 20.7 Å². The molecule has 4 aliphatic rings. The second-order valence-corrected chi connectivity index (χ2v) is 15.1. The van der Waals surface area contributed by atoms with Crippen molar-refractivity contribution in [3.63, 3.8) is 0 Å². The molecule has 4 N–H and O–H groups in total. The molecule has 8 heteroatoms. The van der Waals surface area contributed by atoms with Gasteiger partial charge in [0, 0.05) is 25.7 Å². The van der Waals surface area contributed by atoms with Crippen LogP contribution in [0, 0.1) is 23.7 Å². The lowest BCUT2D eigenvalue weighted by molar-refractivity contribution is -0.159. The number of ether oxygens (including phenoxy) is 2. The first-order valence-electron chi connectivity index (χ1n) is 18.3. The zero-order valence-corrected chi connectivity index (χ0v) is 28.4. The van der Waals surface area contributed by atoms with Crippen LogP contribution in [0.15, 0.2) is 0 Å². The lowest BCUT2D eigenvalue weighted by Gasteiger charge is -2.41. The molecule has 43 heavy (non-hydrogen) atoms. The van der Waals surface area contributed by atoms with Crippen LogP contribution < -0.4 is 21.3 Å². The van der Waals surface area contributed by atoms with Crippen LogP contribution in [0.3, 0.4) is 0 Å². The van der Waals surface area contributed by atoms with Crippen molar-refractivity contribution >= 4 is 5.97 Å². The van der Waals surface area contributed by atoms with Crippen LogP contribution in [-0.4, -0.2) is 86.8 Å². The molecular weight excluding hydrogens is 538 g/mol. The van der Waals surface area contributed by atoms with Crippen molar-refractivity contribution in [3.05, 3.63) is 0 Å². The quantitative estimate of drug-likeness (QED) is 0.205. The Morgan fingerprint density at radius 3 is 2.12 bits per heavy atom. The Kier molecular flexibility index (Phi) is 14.5. The maximum Gasteiger partial charge on any atom is 0.323 e. The summed E-state index contributed by atoms with van der Waals surface area (Å²) in [7, 11) is 0. The van der Waals surface area contributed by atoms with Crippen LogP contribution in [0.4, 0.5) is 0 Å². The highest BCUT2D eigenvalue weighted by molar-refractivity contribution is 5.76. The van der Waals surface area contributed by atoms with Gasteiger partial charge in [-0.1, -0.05) is 33.1 Å². The minimum absolute atomic E-state index is 0.0390. The van der Waals surface area contributed by atoms with Crippen LogP contribution in [0.1, 0.15) is 118 Å². The maximum absolute atomic E-state index is 13.1. The number of likely N-dealkylation sites (N-methyl/N-ethyl adjacent to an activating group) is 1. The van der Waals surface area contributed by atoms with Crippen molar-refractivity contribution in [1.29, 1.82) is 0 Å². The Balaban J connectivity index is 1.10. The molecule has 0 aromatic rings. The minimum Gasteiger partial charge on any atom is -0.459 e. The molecule has 1 atom stereocenters. The Hall–Kier alpha value is -0.770. The van der Waals surface area contributed by atoms with Gasteiger partial charge in [0.15, 0.2) is 0 Å². The van der Waals surface area contributed by atoms with Crippen molar-refractivity contribution in [3.8, 4) is 0 Å². The van der Waals surface area contributed by atoms with Crippen LogP contribution in [-0.2, 0) is 14.3 Å². The molecule has 0 aromatic heterocycles. The number of rotatable bonds is 14. The predicted molar refractivity (Wildman–Crippen MR) is 176 cm³/mol. The standard InChI is InChI=1S/C35H67N5O3/c1-6-40(7-2)21-22-42-31-19-17-30(18-20-31)39-34-37-24-29(25-38-34)27-15-13-26(14-16-27)23-36-32(28-11-9-8-10-12-28)33(41)43-35(3,4)5/h26-32,34,36-39H,6-25H2,1-5H3. The summed E-state index contributed by atoms with van der Waals surface area (Å²) in [6.45, 7) is 17.7. The zero-order valence-electron chi connectivity index (χ0n) is 28.4. The van der Waals surface area contributed by atoms with Gasteiger partial charge in [-0.05, 0) is 128 Å². The van der Waals surface area contributed by atoms with Crippen LogP contribution >= 0.6 is 0 Å². The summed E-state index contributed by atoms with van der Waals surface area (Å²) in [5, 5.41) is 15.1. The average molecular weight is 606 g/mol. The van der Waals surface area contributed by atoms with E-state index in [1.807, 2.05) is 20.8 Å². The molecule has 0 amide bonds. The Morgan fingerprint density at radius 1 is 0.860 bits per heavy atom. The highest BCUT2D eigenvalue weighted by atomic mass is 16.6. The molecule has 0 spiro atoms. The van der Waals surface area contributed by atoms with Gasteiger partial charge in [0.25, 0.3) is 0 Å². The second-order valence-electron chi connectivity index (χ2n) is 15.1. The van der Waals surface area contributed by atoms with E-state index in [4.69, 9.17) is 9.47 Å². The van der Waals surface area contributed by atoms with Crippen molar-refractivity contribution in [2.45, 2.75) is 148 Å². The molecule has 4 fully saturated rings.